The summed E-state index contributed by atoms with van der Waals surface area (Å²) < 4.78 is 0. The highest BCUT2D eigenvalue weighted by molar-refractivity contribution is 5.81. The number of piperidine rings is 2. The van der Waals surface area contributed by atoms with E-state index in [-0.39, 0.29) is 11.8 Å². The van der Waals surface area contributed by atoms with Crippen LogP contribution < -0.4 is 5.73 Å². The summed E-state index contributed by atoms with van der Waals surface area (Å²) in [5.41, 5.74) is 5.39. The number of carboxylic acids is 1. The third-order valence-corrected chi connectivity index (χ3v) is 3.40. The molecule has 1 saturated carbocycles. The number of nitrogens with zero attached hydrogens (tertiary/aromatic N) is 1. The number of carbonyl (C=O) groups excluding carboxylic acids is 1. The van der Waals surface area contributed by atoms with Gasteiger partial charge in [-0.15, -0.1) is 0 Å². The summed E-state index contributed by atoms with van der Waals surface area (Å²) in [6.45, 7) is 1.28. The number of rotatable bonds is 4. The van der Waals surface area contributed by atoms with Crippen molar-refractivity contribution in [3.05, 3.63) is 0 Å². The summed E-state index contributed by atoms with van der Waals surface area (Å²) >= 11 is 0. The normalized spacial score (nSPS) is 31.0. The smallest absolute Gasteiger partial charge is 0.320 e. The van der Waals surface area contributed by atoms with Crippen molar-refractivity contribution in [1.29, 1.82) is 0 Å². The second-order valence-corrected chi connectivity index (χ2v) is 4.55. The van der Waals surface area contributed by atoms with Crippen LogP contribution in [0.4, 0.5) is 0 Å². The third-order valence-electron chi connectivity index (χ3n) is 3.40. The summed E-state index contributed by atoms with van der Waals surface area (Å²) in [4.78, 5) is 24.0. The van der Waals surface area contributed by atoms with Gasteiger partial charge in [0.1, 0.15) is 6.04 Å². The van der Waals surface area contributed by atoms with Crippen LogP contribution in [0.5, 0.6) is 0 Å². The summed E-state index contributed by atoms with van der Waals surface area (Å²) in [5, 5.41) is 8.61. The van der Waals surface area contributed by atoms with Gasteiger partial charge in [0.25, 0.3) is 0 Å². The minimum Gasteiger partial charge on any atom is -0.480 e. The Balaban J connectivity index is 1.80. The fourth-order valence-corrected chi connectivity index (χ4v) is 2.37. The Labute approximate surface area is 88.2 Å². The van der Waals surface area contributed by atoms with Gasteiger partial charge < -0.3 is 15.7 Å². The number of hydrogen-bond acceptors (Lipinski definition) is 3. The molecule has 3 N–H and O–H groups in total. The van der Waals surface area contributed by atoms with Gasteiger partial charge in [-0.1, -0.05) is 0 Å². The SMILES string of the molecule is NC(CCN1CC2CC(C2)C1=O)C(=O)O. The maximum Gasteiger partial charge on any atom is 0.320 e. The number of nitrogens with two attached hydrogens (primary N) is 1. The van der Waals surface area contributed by atoms with Crippen LogP contribution in [-0.2, 0) is 9.59 Å². The standard InChI is InChI=1S/C10H16N2O3/c11-8(10(14)15)1-2-12-5-6-3-7(4-6)9(12)13/h6-8H,1-5,11H2,(H,14,15). The fourth-order valence-electron chi connectivity index (χ4n) is 2.37. The van der Waals surface area contributed by atoms with Crippen molar-refractivity contribution in [2.75, 3.05) is 13.1 Å². The molecule has 5 heteroatoms. The van der Waals surface area contributed by atoms with Gasteiger partial charge in [-0.3, -0.25) is 9.59 Å². The van der Waals surface area contributed by atoms with Crippen molar-refractivity contribution in [2.45, 2.75) is 25.3 Å². The molecule has 1 unspecified atom stereocenters. The molecule has 2 aliphatic heterocycles. The topological polar surface area (TPSA) is 83.6 Å². The average Bonchev–Trinajstić information content (AvgIpc) is 2.13. The number of carboxylic acid groups (broad SMARTS) is 1. The first-order valence-corrected chi connectivity index (χ1v) is 5.35. The van der Waals surface area contributed by atoms with Crippen LogP contribution in [0.3, 0.4) is 0 Å². The molecule has 2 heterocycles. The lowest BCUT2D eigenvalue weighted by atomic mass is 9.70. The van der Waals surface area contributed by atoms with E-state index in [1.54, 1.807) is 4.90 Å². The lowest BCUT2D eigenvalue weighted by Gasteiger charge is -2.46. The molecule has 1 amide bonds. The zero-order valence-electron chi connectivity index (χ0n) is 8.56. The minimum absolute atomic E-state index is 0.190. The predicted molar refractivity (Wildman–Crippen MR) is 53.0 cm³/mol. The van der Waals surface area contributed by atoms with E-state index in [1.807, 2.05) is 0 Å². The molecule has 15 heavy (non-hydrogen) atoms. The predicted octanol–water partition coefficient (Wildman–Crippen LogP) is -0.343. The van der Waals surface area contributed by atoms with E-state index in [4.69, 9.17) is 10.8 Å². The molecular weight excluding hydrogens is 196 g/mol. The maximum absolute atomic E-state index is 11.7. The van der Waals surface area contributed by atoms with Gasteiger partial charge in [0.15, 0.2) is 0 Å². The Kier molecular flexibility index (Phi) is 2.65. The van der Waals surface area contributed by atoms with E-state index in [2.05, 4.69) is 0 Å². The van der Waals surface area contributed by atoms with E-state index < -0.39 is 12.0 Å². The van der Waals surface area contributed by atoms with E-state index in [0.717, 1.165) is 19.4 Å². The molecule has 0 aromatic rings. The van der Waals surface area contributed by atoms with E-state index in [1.165, 1.54) is 0 Å². The van der Waals surface area contributed by atoms with Crippen LogP contribution in [0.25, 0.3) is 0 Å². The molecule has 2 saturated heterocycles. The first-order valence-electron chi connectivity index (χ1n) is 5.35. The molecule has 5 nitrogen and oxygen atoms in total. The molecule has 3 rings (SSSR count). The van der Waals surface area contributed by atoms with Gasteiger partial charge in [-0.25, -0.2) is 0 Å². The zero-order chi connectivity index (χ0) is 11.0. The molecule has 3 fully saturated rings. The van der Waals surface area contributed by atoms with Crippen molar-refractivity contribution >= 4 is 11.9 Å². The minimum atomic E-state index is -0.996. The van der Waals surface area contributed by atoms with Gasteiger partial charge in [-0.05, 0) is 25.2 Å². The van der Waals surface area contributed by atoms with Gasteiger partial charge in [0.05, 0.1) is 0 Å². The number of fused-ring (bicyclic) bond motifs is 2. The molecule has 0 spiro atoms. The second-order valence-electron chi connectivity index (χ2n) is 4.55. The molecule has 1 aliphatic carbocycles. The first kappa shape index (κ1) is 10.4. The third kappa shape index (κ3) is 1.97. The van der Waals surface area contributed by atoms with Crippen molar-refractivity contribution in [3.8, 4) is 0 Å². The highest BCUT2D eigenvalue weighted by Gasteiger charge is 2.43. The van der Waals surface area contributed by atoms with Crippen LogP contribution in [0.2, 0.25) is 0 Å². The molecule has 0 radical (unpaired) electrons. The summed E-state index contributed by atoms with van der Waals surface area (Å²) in [7, 11) is 0. The quantitative estimate of drug-likeness (QED) is 0.667. The monoisotopic (exact) mass is 212 g/mol. The average molecular weight is 212 g/mol. The Hall–Kier alpha value is -1.10. The zero-order valence-corrected chi connectivity index (χ0v) is 8.56. The highest BCUT2D eigenvalue weighted by Crippen LogP contribution is 2.40. The van der Waals surface area contributed by atoms with Crippen LogP contribution >= 0.6 is 0 Å². The fraction of sp³-hybridized carbons (Fsp3) is 0.800. The second kappa shape index (κ2) is 3.81. The first-order chi connectivity index (χ1) is 7.08. The van der Waals surface area contributed by atoms with E-state index in [9.17, 15) is 9.59 Å². The van der Waals surface area contributed by atoms with Gasteiger partial charge in [0, 0.05) is 19.0 Å². The Bertz CT molecular complexity index is 286. The maximum atomic E-state index is 11.7. The molecule has 84 valence electrons. The van der Waals surface area contributed by atoms with Crippen molar-refractivity contribution in [1.82, 2.24) is 4.90 Å². The molecule has 0 aromatic carbocycles. The lowest BCUT2D eigenvalue weighted by Crippen LogP contribution is -2.53. The lowest BCUT2D eigenvalue weighted by molar-refractivity contribution is -0.150. The van der Waals surface area contributed by atoms with Crippen LogP contribution in [0, 0.1) is 11.8 Å². The highest BCUT2D eigenvalue weighted by atomic mass is 16.4. The van der Waals surface area contributed by atoms with Crippen LogP contribution in [0.15, 0.2) is 0 Å². The summed E-state index contributed by atoms with van der Waals surface area (Å²) in [6.07, 6.45) is 2.40. The number of aliphatic carboxylic acids is 1. The number of carbonyl (C=O) groups is 2. The molecule has 0 aromatic heterocycles. The number of hydrogen-bond donors (Lipinski definition) is 2. The van der Waals surface area contributed by atoms with Crippen LogP contribution in [0.1, 0.15) is 19.3 Å². The van der Waals surface area contributed by atoms with Crippen molar-refractivity contribution in [2.24, 2.45) is 17.6 Å². The number of amides is 1. The largest absolute Gasteiger partial charge is 0.480 e. The Morgan fingerprint density at radius 2 is 2.27 bits per heavy atom. The Morgan fingerprint density at radius 1 is 1.60 bits per heavy atom. The van der Waals surface area contributed by atoms with Gasteiger partial charge in [-0.2, -0.15) is 0 Å². The summed E-state index contributed by atoms with van der Waals surface area (Å²) in [5.74, 6) is 0.0539. The van der Waals surface area contributed by atoms with E-state index in [0.29, 0.717) is 18.9 Å². The van der Waals surface area contributed by atoms with Gasteiger partial charge in [0.2, 0.25) is 5.91 Å². The van der Waals surface area contributed by atoms with Gasteiger partial charge >= 0.3 is 5.97 Å². The molecule has 1 atom stereocenters. The Morgan fingerprint density at radius 3 is 2.80 bits per heavy atom. The van der Waals surface area contributed by atoms with Crippen molar-refractivity contribution in [3.63, 3.8) is 0 Å². The van der Waals surface area contributed by atoms with E-state index >= 15 is 0 Å². The van der Waals surface area contributed by atoms with Crippen LogP contribution in [-0.4, -0.2) is 41.0 Å². The molecule has 2 bridgehead atoms. The summed E-state index contributed by atoms with van der Waals surface area (Å²) in [6, 6.07) is -0.851. The molecule has 3 aliphatic rings. The molecular formula is C10H16N2O3. The van der Waals surface area contributed by atoms with Crippen molar-refractivity contribution < 1.29 is 14.7 Å².